The van der Waals surface area contributed by atoms with E-state index in [-0.39, 0.29) is 0 Å². The highest BCUT2D eigenvalue weighted by atomic mass is 16.6. The average molecular weight is 278 g/mol. The van der Waals surface area contributed by atoms with Gasteiger partial charge >= 0.3 is 6.09 Å². The standard InChI is InChI=1S/C15H22N2O3/c1-15(2,3)20-14(19)16-13(10-18)11-7-6-8-12(9-11)17(4)5/h6-10,13H,1-5H3,(H,16,19). The summed E-state index contributed by atoms with van der Waals surface area (Å²) in [4.78, 5) is 24.9. The molecule has 0 aliphatic heterocycles. The van der Waals surface area contributed by atoms with Gasteiger partial charge in [-0.25, -0.2) is 4.79 Å². The molecule has 5 heteroatoms. The van der Waals surface area contributed by atoms with Crippen LogP contribution in [0.25, 0.3) is 0 Å². The molecule has 0 heterocycles. The van der Waals surface area contributed by atoms with Crippen molar-refractivity contribution in [3.63, 3.8) is 0 Å². The van der Waals surface area contributed by atoms with Crippen molar-refractivity contribution in [2.45, 2.75) is 32.4 Å². The van der Waals surface area contributed by atoms with Gasteiger partial charge in [-0.2, -0.15) is 0 Å². The first-order chi connectivity index (χ1) is 9.23. The van der Waals surface area contributed by atoms with Crippen molar-refractivity contribution in [3.05, 3.63) is 29.8 Å². The molecule has 0 aromatic heterocycles. The molecule has 1 aromatic carbocycles. The maximum Gasteiger partial charge on any atom is 0.408 e. The van der Waals surface area contributed by atoms with Crippen LogP contribution in [0.15, 0.2) is 24.3 Å². The zero-order valence-corrected chi connectivity index (χ0v) is 12.6. The van der Waals surface area contributed by atoms with Crippen LogP contribution in [0.4, 0.5) is 10.5 Å². The molecule has 5 nitrogen and oxygen atoms in total. The van der Waals surface area contributed by atoms with E-state index in [1.165, 1.54) is 0 Å². The summed E-state index contributed by atoms with van der Waals surface area (Å²) in [6, 6.07) is 6.71. The molecule has 1 amide bonds. The van der Waals surface area contributed by atoms with E-state index in [2.05, 4.69) is 5.32 Å². The van der Waals surface area contributed by atoms with Crippen molar-refractivity contribution in [1.29, 1.82) is 0 Å². The van der Waals surface area contributed by atoms with Crippen LogP contribution in [-0.2, 0) is 9.53 Å². The number of hydrogen-bond acceptors (Lipinski definition) is 4. The van der Waals surface area contributed by atoms with Gasteiger partial charge in [-0.15, -0.1) is 0 Å². The van der Waals surface area contributed by atoms with Crippen molar-refractivity contribution in [3.8, 4) is 0 Å². The number of nitrogens with one attached hydrogen (secondary N) is 1. The topological polar surface area (TPSA) is 58.6 Å². The minimum absolute atomic E-state index is 0.594. The van der Waals surface area contributed by atoms with Gasteiger partial charge in [0.2, 0.25) is 0 Å². The van der Waals surface area contributed by atoms with Gasteiger partial charge in [0.05, 0.1) is 0 Å². The molecule has 0 fully saturated rings. The molecule has 0 saturated heterocycles. The molecule has 110 valence electrons. The maximum absolute atomic E-state index is 11.7. The number of benzene rings is 1. The highest BCUT2D eigenvalue weighted by Gasteiger charge is 2.20. The first kappa shape index (κ1) is 16.0. The third-order valence-electron chi connectivity index (χ3n) is 2.55. The van der Waals surface area contributed by atoms with Crippen LogP contribution in [0.1, 0.15) is 32.4 Å². The van der Waals surface area contributed by atoms with Gasteiger partial charge in [0.25, 0.3) is 0 Å². The van der Waals surface area contributed by atoms with Crippen LogP contribution in [0.3, 0.4) is 0 Å². The number of amides is 1. The fraction of sp³-hybridized carbons (Fsp3) is 0.467. The summed E-state index contributed by atoms with van der Waals surface area (Å²) < 4.78 is 5.15. The van der Waals surface area contributed by atoms with Crippen LogP contribution < -0.4 is 10.2 Å². The summed E-state index contributed by atoms with van der Waals surface area (Å²) >= 11 is 0. The van der Waals surface area contributed by atoms with E-state index in [4.69, 9.17) is 4.74 Å². The number of rotatable bonds is 4. The monoisotopic (exact) mass is 278 g/mol. The fourth-order valence-electron chi connectivity index (χ4n) is 1.63. The van der Waals surface area contributed by atoms with Gasteiger partial charge in [0.1, 0.15) is 17.9 Å². The molecule has 1 N–H and O–H groups in total. The molecular formula is C15H22N2O3. The maximum atomic E-state index is 11.7. The van der Waals surface area contributed by atoms with E-state index in [0.29, 0.717) is 6.29 Å². The van der Waals surface area contributed by atoms with E-state index in [1.807, 2.05) is 37.2 Å². The second-order valence-corrected chi connectivity index (χ2v) is 5.75. The molecule has 1 aromatic rings. The smallest absolute Gasteiger partial charge is 0.408 e. The quantitative estimate of drug-likeness (QED) is 0.860. The zero-order valence-electron chi connectivity index (χ0n) is 12.6. The Bertz CT molecular complexity index is 478. The third kappa shape index (κ3) is 4.91. The van der Waals surface area contributed by atoms with Crippen LogP contribution in [0, 0.1) is 0 Å². The molecule has 0 aliphatic carbocycles. The molecule has 20 heavy (non-hydrogen) atoms. The molecule has 1 unspecified atom stereocenters. The molecule has 1 atom stereocenters. The molecule has 0 aliphatic rings. The molecule has 1 rings (SSSR count). The molecule has 0 bridgehead atoms. The molecule has 0 spiro atoms. The van der Waals surface area contributed by atoms with E-state index < -0.39 is 17.7 Å². The van der Waals surface area contributed by atoms with E-state index in [0.717, 1.165) is 11.3 Å². The highest BCUT2D eigenvalue weighted by molar-refractivity contribution is 5.75. The van der Waals surface area contributed by atoms with Gasteiger partial charge in [-0.05, 0) is 38.5 Å². The van der Waals surface area contributed by atoms with Crippen LogP contribution in [0.2, 0.25) is 0 Å². The summed E-state index contributed by atoms with van der Waals surface area (Å²) in [6.45, 7) is 5.32. The number of anilines is 1. The SMILES string of the molecule is CN(C)c1cccc(C(C=O)NC(=O)OC(C)(C)C)c1. The first-order valence-corrected chi connectivity index (χ1v) is 6.45. The van der Waals surface area contributed by atoms with Gasteiger partial charge in [-0.1, -0.05) is 12.1 Å². The Hall–Kier alpha value is -2.04. The summed E-state index contributed by atoms with van der Waals surface area (Å²) in [7, 11) is 3.83. The number of aldehydes is 1. The van der Waals surface area contributed by atoms with Crippen LogP contribution in [0.5, 0.6) is 0 Å². The number of carbonyl (C=O) groups excluding carboxylic acids is 2. The Morgan fingerprint density at radius 1 is 1.35 bits per heavy atom. The first-order valence-electron chi connectivity index (χ1n) is 6.45. The predicted molar refractivity (Wildman–Crippen MR) is 78.9 cm³/mol. The highest BCUT2D eigenvalue weighted by Crippen LogP contribution is 2.19. The van der Waals surface area contributed by atoms with E-state index >= 15 is 0 Å². The van der Waals surface area contributed by atoms with Crippen molar-refractivity contribution in [2.24, 2.45) is 0 Å². The summed E-state index contributed by atoms with van der Waals surface area (Å²) in [5.41, 5.74) is 1.08. The predicted octanol–water partition coefficient (Wildman–Crippen LogP) is 2.52. The Balaban J connectivity index is 2.83. The molecule has 0 saturated carbocycles. The minimum Gasteiger partial charge on any atom is -0.444 e. The Labute approximate surface area is 119 Å². The molecular weight excluding hydrogens is 256 g/mol. The van der Waals surface area contributed by atoms with Gasteiger partial charge in [0, 0.05) is 19.8 Å². The van der Waals surface area contributed by atoms with Crippen molar-refractivity contribution >= 4 is 18.1 Å². The average Bonchev–Trinajstić information content (AvgIpc) is 2.34. The summed E-state index contributed by atoms with van der Waals surface area (Å²) in [5.74, 6) is 0. The van der Waals surface area contributed by atoms with Crippen LogP contribution >= 0.6 is 0 Å². The van der Waals surface area contributed by atoms with Gasteiger partial charge in [-0.3, -0.25) is 0 Å². The minimum atomic E-state index is -0.718. The lowest BCUT2D eigenvalue weighted by Crippen LogP contribution is -2.35. The summed E-state index contributed by atoms with van der Waals surface area (Å²) in [6.07, 6.45) is 0.0865. The lowest BCUT2D eigenvalue weighted by atomic mass is 10.1. The summed E-state index contributed by atoms with van der Waals surface area (Å²) in [5, 5.41) is 2.56. The fourth-order valence-corrected chi connectivity index (χ4v) is 1.63. The normalized spacial score (nSPS) is 12.4. The second-order valence-electron chi connectivity index (χ2n) is 5.75. The molecule has 0 radical (unpaired) electrons. The third-order valence-corrected chi connectivity index (χ3v) is 2.55. The van der Waals surface area contributed by atoms with Crippen molar-refractivity contribution in [2.75, 3.05) is 19.0 Å². The number of alkyl carbamates (subject to hydrolysis) is 1. The Kier molecular flexibility index (Phi) is 5.13. The zero-order chi connectivity index (χ0) is 15.3. The number of ether oxygens (including phenoxy) is 1. The van der Waals surface area contributed by atoms with Crippen molar-refractivity contribution < 1.29 is 14.3 Å². The van der Waals surface area contributed by atoms with Crippen LogP contribution in [-0.4, -0.2) is 32.1 Å². The van der Waals surface area contributed by atoms with E-state index in [1.54, 1.807) is 26.8 Å². The largest absolute Gasteiger partial charge is 0.444 e. The number of hydrogen-bond donors (Lipinski definition) is 1. The van der Waals surface area contributed by atoms with Gasteiger partial charge in [0.15, 0.2) is 0 Å². The lowest BCUT2D eigenvalue weighted by Gasteiger charge is -2.22. The van der Waals surface area contributed by atoms with Crippen molar-refractivity contribution in [1.82, 2.24) is 5.32 Å². The number of carbonyl (C=O) groups is 2. The Morgan fingerprint density at radius 3 is 2.50 bits per heavy atom. The van der Waals surface area contributed by atoms with Gasteiger partial charge < -0.3 is 19.7 Å². The lowest BCUT2D eigenvalue weighted by molar-refractivity contribution is -0.109. The van der Waals surface area contributed by atoms with E-state index in [9.17, 15) is 9.59 Å². The Morgan fingerprint density at radius 2 is 2.00 bits per heavy atom. The number of nitrogens with zero attached hydrogens (tertiary/aromatic N) is 1. The second kappa shape index (κ2) is 6.41.